The Balaban J connectivity index is 2.61. The van der Waals surface area contributed by atoms with Crippen LogP contribution in [0.5, 0.6) is 0 Å². The van der Waals surface area contributed by atoms with Gasteiger partial charge in [0.1, 0.15) is 0 Å². The molecular weight excluding hydrogens is 218 g/mol. The van der Waals surface area contributed by atoms with Gasteiger partial charge in [-0.05, 0) is 18.3 Å². The quantitative estimate of drug-likeness (QED) is 0.777. The first-order valence-corrected chi connectivity index (χ1v) is 5.83. The molecule has 96 valence electrons. The molecule has 5 heteroatoms. The second-order valence-electron chi connectivity index (χ2n) is 5.04. The Hall–Kier alpha value is -1.36. The van der Waals surface area contributed by atoms with E-state index in [9.17, 15) is 4.79 Å². The number of aryl methyl sites for hydroxylation is 1. The van der Waals surface area contributed by atoms with E-state index in [0.717, 1.165) is 12.8 Å². The Labute approximate surface area is 102 Å². The fraction of sp³-hybridized carbons (Fsp3) is 0.667. The number of anilines is 1. The van der Waals surface area contributed by atoms with Crippen LogP contribution in [0.2, 0.25) is 0 Å². The van der Waals surface area contributed by atoms with Crippen molar-refractivity contribution >= 4 is 5.82 Å². The molecule has 1 heterocycles. The lowest BCUT2D eigenvalue weighted by Crippen LogP contribution is -2.28. The Kier molecular flexibility index (Phi) is 4.69. The summed E-state index contributed by atoms with van der Waals surface area (Å²) in [5.41, 5.74) is -0.0869. The van der Waals surface area contributed by atoms with Crippen LogP contribution in [0.15, 0.2) is 17.2 Å². The fourth-order valence-corrected chi connectivity index (χ4v) is 1.59. The van der Waals surface area contributed by atoms with Gasteiger partial charge in [-0.25, -0.2) is 4.98 Å². The molecule has 17 heavy (non-hydrogen) atoms. The van der Waals surface area contributed by atoms with Gasteiger partial charge in [-0.3, -0.25) is 4.79 Å². The van der Waals surface area contributed by atoms with E-state index in [1.807, 2.05) is 0 Å². The van der Waals surface area contributed by atoms with Crippen molar-refractivity contribution in [3.8, 4) is 0 Å². The number of aliphatic hydroxyl groups excluding tert-OH is 1. The van der Waals surface area contributed by atoms with E-state index in [1.165, 1.54) is 4.57 Å². The third-order valence-electron chi connectivity index (χ3n) is 2.76. The third kappa shape index (κ3) is 4.19. The van der Waals surface area contributed by atoms with Gasteiger partial charge >= 0.3 is 0 Å². The van der Waals surface area contributed by atoms with Gasteiger partial charge < -0.3 is 15.0 Å². The van der Waals surface area contributed by atoms with E-state index in [2.05, 4.69) is 24.1 Å². The molecule has 0 aliphatic heterocycles. The molecule has 1 rings (SSSR count). The van der Waals surface area contributed by atoms with Gasteiger partial charge in [0.05, 0.1) is 0 Å². The molecule has 5 nitrogen and oxygen atoms in total. The van der Waals surface area contributed by atoms with Gasteiger partial charge in [0.2, 0.25) is 0 Å². The Bertz CT molecular complexity index is 412. The molecule has 2 N–H and O–H groups in total. The highest BCUT2D eigenvalue weighted by Gasteiger charge is 2.17. The van der Waals surface area contributed by atoms with Crippen LogP contribution < -0.4 is 10.9 Å². The summed E-state index contributed by atoms with van der Waals surface area (Å²) in [5.74, 6) is 0.382. The number of nitrogens with zero attached hydrogens (tertiary/aromatic N) is 2. The van der Waals surface area contributed by atoms with E-state index in [1.54, 1.807) is 19.4 Å². The van der Waals surface area contributed by atoms with Crippen molar-refractivity contribution < 1.29 is 5.11 Å². The van der Waals surface area contributed by atoms with Crippen LogP contribution in [0.4, 0.5) is 5.82 Å². The van der Waals surface area contributed by atoms with Crippen molar-refractivity contribution in [3.05, 3.63) is 22.7 Å². The molecule has 0 aromatic carbocycles. The van der Waals surface area contributed by atoms with Crippen LogP contribution in [-0.2, 0) is 7.05 Å². The maximum absolute atomic E-state index is 11.7. The Morgan fingerprint density at radius 3 is 2.88 bits per heavy atom. The van der Waals surface area contributed by atoms with Crippen molar-refractivity contribution in [1.29, 1.82) is 0 Å². The summed E-state index contributed by atoms with van der Waals surface area (Å²) in [6.45, 7) is 5.07. The number of aromatic nitrogens is 2. The first kappa shape index (κ1) is 13.7. The van der Waals surface area contributed by atoms with Crippen LogP contribution in [-0.4, -0.2) is 27.8 Å². The molecule has 0 aliphatic carbocycles. The first-order chi connectivity index (χ1) is 7.96. The maximum atomic E-state index is 11.7. The number of aliphatic hydroxyl groups is 1. The normalized spacial score (nSPS) is 11.5. The standard InChI is InChI=1S/C12H21N3O2/c1-12(2,5-4-8-16)9-14-10-11(17)15(3)7-6-13-10/h6-7,16H,4-5,8-9H2,1-3H3,(H,13,14). The fourth-order valence-electron chi connectivity index (χ4n) is 1.59. The van der Waals surface area contributed by atoms with E-state index in [4.69, 9.17) is 5.11 Å². The number of hydrogen-bond acceptors (Lipinski definition) is 4. The smallest absolute Gasteiger partial charge is 0.293 e. The topological polar surface area (TPSA) is 67.2 Å². The predicted molar refractivity (Wildman–Crippen MR) is 68.1 cm³/mol. The van der Waals surface area contributed by atoms with Crippen LogP contribution >= 0.6 is 0 Å². The van der Waals surface area contributed by atoms with E-state index >= 15 is 0 Å². The molecule has 1 aromatic heterocycles. The van der Waals surface area contributed by atoms with Gasteiger partial charge in [0.15, 0.2) is 5.82 Å². The van der Waals surface area contributed by atoms with E-state index in [0.29, 0.717) is 12.4 Å². The van der Waals surface area contributed by atoms with Gasteiger partial charge in [-0.15, -0.1) is 0 Å². The number of hydrogen-bond donors (Lipinski definition) is 2. The lowest BCUT2D eigenvalue weighted by molar-refractivity contribution is 0.248. The minimum atomic E-state index is -0.120. The van der Waals surface area contributed by atoms with Gasteiger partial charge in [-0.1, -0.05) is 13.8 Å². The Morgan fingerprint density at radius 1 is 1.53 bits per heavy atom. The van der Waals surface area contributed by atoms with Crippen molar-refractivity contribution in [1.82, 2.24) is 9.55 Å². The summed E-state index contributed by atoms with van der Waals surface area (Å²) >= 11 is 0. The van der Waals surface area contributed by atoms with Crippen LogP contribution in [0.25, 0.3) is 0 Å². The van der Waals surface area contributed by atoms with E-state index in [-0.39, 0.29) is 17.6 Å². The van der Waals surface area contributed by atoms with Gasteiger partial charge in [0.25, 0.3) is 5.56 Å². The zero-order chi connectivity index (χ0) is 12.9. The van der Waals surface area contributed by atoms with Crippen molar-refractivity contribution in [2.24, 2.45) is 12.5 Å². The molecule has 1 aromatic rings. The zero-order valence-corrected chi connectivity index (χ0v) is 10.7. The monoisotopic (exact) mass is 239 g/mol. The first-order valence-electron chi connectivity index (χ1n) is 5.83. The second-order valence-corrected chi connectivity index (χ2v) is 5.04. The zero-order valence-electron chi connectivity index (χ0n) is 10.7. The maximum Gasteiger partial charge on any atom is 0.293 e. The van der Waals surface area contributed by atoms with Gasteiger partial charge in [0, 0.05) is 32.6 Å². The molecular formula is C12H21N3O2. The molecule has 0 atom stereocenters. The number of rotatable bonds is 6. The summed E-state index contributed by atoms with van der Waals surface area (Å²) in [7, 11) is 1.70. The highest BCUT2D eigenvalue weighted by molar-refractivity contribution is 5.30. The van der Waals surface area contributed by atoms with Crippen molar-refractivity contribution in [2.45, 2.75) is 26.7 Å². The lowest BCUT2D eigenvalue weighted by Gasteiger charge is -2.24. The van der Waals surface area contributed by atoms with Gasteiger partial charge in [-0.2, -0.15) is 0 Å². The van der Waals surface area contributed by atoms with Crippen molar-refractivity contribution in [3.63, 3.8) is 0 Å². The number of nitrogens with one attached hydrogen (secondary N) is 1. The summed E-state index contributed by atoms with van der Waals surface area (Å²) < 4.78 is 1.50. The average Bonchev–Trinajstić information content (AvgIpc) is 2.29. The third-order valence-corrected chi connectivity index (χ3v) is 2.76. The highest BCUT2D eigenvalue weighted by Crippen LogP contribution is 2.21. The summed E-state index contributed by atoms with van der Waals surface area (Å²) in [5, 5.41) is 11.9. The minimum Gasteiger partial charge on any atom is -0.396 e. The molecule has 0 amide bonds. The molecule has 0 unspecified atom stereocenters. The van der Waals surface area contributed by atoms with Crippen LogP contribution in [0.3, 0.4) is 0 Å². The lowest BCUT2D eigenvalue weighted by atomic mass is 9.88. The molecule has 0 bridgehead atoms. The molecule has 0 aliphatic rings. The summed E-state index contributed by atoms with van der Waals surface area (Å²) in [4.78, 5) is 15.7. The summed E-state index contributed by atoms with van der Waals surface area (Å²) in [6.07, 6.45) is 4.91. The van der Waals surface area contributed by atoms with Crippen molar-refractivity contribution in [2.75, 3.05) is 18.5 Å². The SMILES string of the molecule is Cn1ccnc(NCC(C)(C)CCCO)c1=O. The molecule has 0 fully saturated rings. The largest absolute Gasteiger partial charge is 0.396 e. The minimum absolute atomic E-state index is 0.0330. The average molecular weight is 239 g/mol. The predicted octanol–water partition coefficient (Wildman–Crippen LogP) is 0.991. The second kappa shape index (κ2) is 5.82. The Morgan fingerprint density at radius 2 is 2.24 bits per heavy atom. The molecule has 0 radical (unpaired) electrons. The van der Waals surface area contributed by atoms with Crippen LogP contribution in [0.1, 0.15) is 26.7 Å². The molecule has 0 saturated heterocycles. The molecule has 0 saturated carbocycles. The van der Waals surface area contributed by atoms with Crippen LogP contribution in [0, 0.1) is 5.41 Å². The highest BCUT2D eigenvalue weighted by atomic mass is 16.2. The summed E-state index contributed by atoms with van der Waals surface area (Å²) in [6, 6.07) is 0. The van der Waals surface area contributed by atoms with E-state index < -0.39 is 0 Å². The molecule has 0 spiro atoms.